The number of carbonyl (C=O) groups is 2. The van der Waals surface area contributed by atoms with Crippen LogP contribution in [0.2, 0.25) is 0 Å². The van der Waals surface area contributed by atoms with Crippen LogP contribution in [0.15, 0.2) is 12.3 Å². The third-order valence-corrected chi connectivity index (χ3v) is 3.46. The first-order valence-electron chi connectivity index (χ1n) is 7.09. The maximum Gasteiger partial charge on any atom is 0.323 e. The lowest BCUT2D eigenvalue weighted by Crippen LogP contribution is -2.40. The average molecular weight is 277 g/mol. The molecular weight excluding hydrogens is 254 g/mol. The molecule has 0 saturated carbocycles. The number of anilines is 1. The maximum absolute atomic E-state index is 12.0. The van der Waals surface area contributed by atoms with Crippen LogP contribution < -0.4 is 5.32 Å². The van der Waals surface area contributed by atoms with Gasteiger partial charge in [-0.05, 0) is 18.4 Å². The van der Waals surface area contributed by atoms with Gasteiger partial charge in [-0.1, -0.05) is 20.8 Å². The highest BCUT2D eigenvalue weighted by molar-refractivity contribution is 5.97. The Balaban J connectivity index is 0.00000220. The van der Waals surface area contributed by atoms with Gasteiger partial charge in [0.2, 0.25) is 0 Å². The molecule has 2 amide bonds. The third-order valence-electron chi connectivity index (χ3n) is 3.46. The molecule has 1 aromatic heterocycles. The van der Waals surface area contributed by atoms with E-state index >= 15 is 0 Å². The van der Waals surface area contributed by atoms with Crippen molar-refractivity contribution in [1.82, 2.24) is 9.88 Å². The average Bonchev–Trinajstić information content (AvgIpc) is 2.43. The molecule has 20 heavy (non-hydrogen) atoms. The van der Waals surface area contributed by atoms with Crippen LogP contribution in [0.25, 0.3) is 0 Å². The van der Waals surface area contributed by atoms with Crippen LogP contribution >= 0.6 is 0 Å². The van der Waals surface area contributed by atoms with Crippen LogP contribution in [0.5, 0.6) is 0 Å². The van der Waals surface area contributed by atoms with E-state index in [2.05, 4.69) is 24.1 Å². The number of carbonyl (C=O) groups excluding carboxylic acids is 2. The molecule has 1 N–H and O–H groups in total. The van der Waals surface area contributed by atoms with E-state index in [9.17, 15) is 9.59 Å². The van der Waals surface area contributed by atoms with Gasteiger partial charge in [-0.25, -0.2) is 9.78 Å². The lowest BCUT2D eigenvalue weighted by Gasteiger charge is -2.29. The molecule has 1 aliphatic rings. The van der Waals surface area contributed by atoms with Crippen molar-refractivity contribution in [1.29, 1.82) is 0 Å². The van der Waals surface area contributed by atoms with Gasteiger partial charge in [0.25, 0.3) is 0 Å². The fourth-order valence-corrected chi connectivity index (χ4v) is 2.15. The smallest absolute Gasteiger partial charge is 0.320 e. The van der Waals surface area contributed by atoms with E-state index in [1.54, 1.807) is 4.90 Å². The number of fused-ring (bicyclic) bond motifs is 1. The molecule has 5 heteroatoms. The lowest BCUT2D eigenvalue weighted by atomic mass is 10.1. The third kappa shape index (κ3) is 3.15. The fraction of sp³-hybridized carbons (Fsp3) is 0.533. The van der Waals surface area contributed by atoms with Crippen molar-refractivity contribution < 1.29 is 11.0 Å². The largest absolute Gasteiger partial charge is 0.323 e. The van der Waals surface area contributed by atoms with Crippen LogP contribution in [0, 0.1) is 5.92 Å². The van der Waals surface area contributed by atoms with Crippen molar-refractivity contribution in [2.24, 2.45) is 5.92 Å². The Morgan fingerprint density at radius 1 is 1.55 bits per heavy atom. The first-order valence-corrected chi connectivity index (χ1v) is 7.09. The summed E-state index contributed by atoms with van der Waals surface area (Å²) in [5, 5.41) is 2.78. The second-order valence-corrected chi connectivity index (χ2v) is 5.54. The Bertz CT molecular complexity index is 532. The number of aromatic nitrogens is 1. The number of rotatable bonds is 5. The van der Waals surface area contributed by atoms with Crippen LogP contribution in [0.3, 0.4) is 0 Å². The van der Waals surface area contributed by atoms with Gasteiger partial charge in [0.05, 0.1) is 6.54 Å². The van der Waals surface area contributed by atoms with Gasteiger partial charge >= 0.3 is 6.03 Å². The van der Waals surface area contributed by atoms with Crippen molar-refractivity contribution in [3.05, 3.63) is 23.4 Å². The molecule has 0 aliphatic carbocycles. The van der Waals surface area contributed by atoms with E-state index in [1.165, 1.54) is 6.20 Å². The summed E-state index contributed by atoms with van der Waals surface area (Å²) in [5.74, 6) is 1.20. The van der Waals surface area contributed by atoms with Crippen molar-refractivity contribution in [3.8, 4) is 0 Å². The van der Waals surface area contributed by atoms with E-state index in [0.29, 0.717) is 30.3 Å². The van der Waals surface area contributed by atoms with Gasteiger partial charge in [-0.2, -0.15) is 0 Å². The molecular formula is C15H23N3O2. The number of amides is 2. The van der Waals surface area contributed by atoms with E-state index in [1.807, 2.05) is 13.0 Å². The Labute approximate surface area is 120 Å². The van der Waals surface area contributed by atoms with E-state index < -0.39 is 0 Å². The van der Waals surface area contributed by atoms with Gasteiger partial charge in [0, 0.05) is 31.7 Å². The van der Waals surface area contributed by atoms with E-state index in [-0.39, 0.29) is 13.2 Å². The monoisotopic (exact) mass is 277 g/mol. The number of nitrogens with one attached hydrogen (secondary N) is 1. The first-order chi connectivity index (χ1) is 9.51. The van der Waals surface area contributed by atoms with Crippen LogP contribution in [-0.4, -0.2) is 28.2 Å². The van der Waals surface area contributed by atoms with Crippen LogP contribution in [-0.2, 0) is 6.54 Å². The molecule has 1 aromatic rings. The predicted molar refractivity (Wildman–Crippen MR) is 79.9 cm³/mol. The summed E-state index contributed by atoms with van der Waals surface area (Å²) in [4.78, 5) is 29.6. The molecule has 5 nitrogen and oxygen atoms in total. The molecule has 0 spiro atoms. The topological polar surface area (TPSA) is 62.3 Å². The molecule has 0 saturated heterocycles. The number of hydrogen-bond acceptors (Lipinski definition) is 3. The van der Waals surface area contributed by atoms with E-state index in [0.717, 1.165) is 18.5 Å². The Morgan fingerprint density at radius 2 is 2.30 bits per heavy atom. The molecule has 110 valence electrons. The molecule has 2 heterocycles. The predicted octanol–water partition coefficient (Wildman–Crippen LogP) is 3.31. The molecule has 0 bridgehead atoms. The molecule has 0 unspecified atom stereocenters. The normalized spacial score (nSPS) is 14.2. The minimum atomic E-state index is -0.111. The zero-order valence-corrected chi connectivity index (χ0v) is 12.3. The first kappa shape index (κ1) is 14.5. The highest BCUT2D eigenvalue weighted by Crippen LogP contribution is 2.23. The molecule has 0 atom stereocenters. The minimum absolute atomic E-state index is 0. The fourth-order valence-electron chi connectivity index (χ4n) is 2.15. The lowest BCUT2D eigenvalue weighted by molar-refractivity contribution is 0.0987. The number of hydrogen-bond donors (Lipinski definition) is 1. The number of pyridine rings is 1. The SMILES string of the molecule is CCC(=O)c1cnc2c(c1)CN(CCC(C)C)C(=O)N2.[HH]. The van der Waals surface area contributed by atoms with Crippen LogP contribution in [0.1, 0.15) is 51.0 Å². The Kier molecular flexibility index (Phi) is 4.37. The van der Waals surface area contributed by atoms with Gasteiger partial charge < -0.3 is 4.90 Å². The van der Waals surface area contributed by atoms with Crippen molar-refractivity contribution in [3.63, 3.8) is 0 Å². The molecule has 0 fully saturated rings. The van der Waals surface area contributed by atoms with Crippen molar-refractivity contribution in [2.45, 2.75) is 40.2 Å². The van der Waals surface area contributed by atoms with Gasteiger partial charge in [-0.15, -0.1) is 0 Å². The summed E-state index contributed by atoms with van der Waals surface area (Å²) in [5.41, 5.74) is 1.53. The Hall–Kier alpha value is -1.91. The summed E-state index contributed by atoms with van der Waals surface area (Å²) in [6, 6.07) is 1.73. The summed E-state index contributed by atoms with van der Waals surface area (Å²) in [6.07, 6.45) is 2.96. The number of nitrogens with zero attached hydrogens (tertiary/aromatic N) is 2. The summed E-state index contributed by atoms with van der Waals surface area (Å²) >= 11 is 0. The molecule has 2 rings (SSSR count). The second-order valence-electron chi connectivity index (χ2n) is 5.54. The maximum atomic E-state index is 12.0. The van der Waals surface area contributed by atoms with E-state index in [4.69, 9.17) is 0 Å². The standard InChI is InChI=1S/C15H21N3O2.H2/c1-4-13(19)11-7-12-9-18(6-5-10(2)3)15(20)17-14(12)16-8-11;/h7-8,10H,4-6,9H2,1-3H3,(H,16,17,20);1H. The number of ketones is 1. The van der Waals surface area contributed by atoms with Gasteiger partial charge in [0.15, 0.2) is 5.78 Å². The second kappa shape index (κ2) is 6.03. The zero-order valence-electron chi connectivity index (χ0n) is 12.3. The highest BCUT2D eigenvalue weighted by atomic mass is 16.2. The van der Waals surface area contributed by atoms with Crippen molar-refractivity contribution in [2.75, 3.05) is 11.9 Å². The Morgan fingerprint density at radius 3 is 2.95 bits per heavy atom. The molecule has 0 aromatic carbocycles. The van der Waals surface area contributed by atoms with Crippen LogP contribution in [0.4, 0.5) is 10.6 Å². The molecule has 1 aliphatic heterocycles. The summed E-state index contributed by atoms with van der Waals surface area (Å²) < 4.78 is 0. The van der Waals surface area contributed by atoms with Crippen molar-refractivity contribution >= 4 is 17.6 Å². The number of urea groups is 1. The van der Waals surface area contributed by atoms with Gasteiger partial charge in [0.1, 0.15) is 5.82 Å². The summed E-state index contributed by atoms with van der Waals surface area (Å²) in [7, 11) is 0. The molecule has 0 radical (unpaired) electrons. The zero-order chi connectivity index (χ0) is 14.7. The number of Topliss-reactive ketones (excluding diaryl/α,β-unsaturated/α-hetero) is 1. The highest BCUT2D eigenvalue weighted by Gasteiger charge is 2.24. The summed E-state index contributed by atoms with van der Waals surface area (Å²) in [6.45, 7) is 7.34. The minimum Gasteiger partial charge on any atom is -0.320 e. The van der Waals surface area contributed by atoms with Gasteiger partial charge in [-0.3, -0.25) is 10.1 Å². The quantitative estimate of drug-likeness (QED) is 0.840.